The van der Waals surface area contributed by atoms with E-state index in [1.54, 1.807) is 19.0 Å². The molecule has 0 bridgehead atoms. The minimum Gasteiger partial charge on any atom is -0.349 e. The summed E-state index contributed by atoms with van der Waals surface area (Å²) in [6, 6.07) is 15.4. The van der Waals surface area contributed by atoms with E-state index in [1.165, 1.54) is 11.1 Å². The van der Waals surface area contributed by atoms with Crippen LogP contribution in [0.15, 0.2) is 48.5 Å². The number of carbonyl (C=O) groups excluding carboxylic acids is 2. The van der Waals surface area contributed by atoms with Crippen LogP contribution >= 0.6 is 0 Å². The molecule has 3 rings (SSSR count). The highest BCUT2D eigenvalue weighted by Gasteiger charge is 2.23. The molecule has 2 N–H and O–H groups in total. The molecule has 2 aromatic carbocycles. The fourth-order valence-electron chi connectivity index (χ4n) is 2.91. The fraction of sp³-hybridized carbons (Fsp3) is 0.300. The maximum absolute atomic E-state index is 12.5. The molecular formula is C20H23N3O2. The van der Waals surface area contributed by atoms with E-state index >= 15 is 0 Å². The zero-order chi connectivity index (χ0) is 17.8. The van der Waals surface area contributed by atoms with Crippen molar-refractivity contribution in [1.29, 1.82) is 0 Å². The number of fused-ring (bicyclic) bond motifs is 1. The largest absolute Gasteiger partial charge is 0.349 e. The van der Waals surface area contributed by atoms with Crippen LogP contribution < -0.4 is 10.6 Å². The molecule has 0 aromatic heterocycles. The van der Waals surface area contributed by atoms with E-state index in [9.17, 15) is 9.59 Å². The van der Waals surface area contributed by atoms with Gasteiger partial charge in [-0.2, -0.15) is 0 Å². The number of nitrogens with zero attached hydrogens (tertiary/aromatic N) is 1. The van der Waals surface area contributed by atoms with Crippen molar-refractivity contribution in [2.24, 2.45) is 0 Å². The number of carbonyl (C=O) groups is 2. The van der Waals surface area contributed by atoms with Crippen LogP contribution in [0.2, 0.25) is 0 Å². The summed E-state index contributed by atoms with van der Waals surface area (Å²) in [5, 5.41) is 6.23. The molecule has 0 spiro atoms. The van der Waals surface area contributed by atoms with Crippen LogP contribution in [0, 0.1) is 0 Å². The zero-order valence-corrected chi connectivity index (χ0v) is 14.6. The Kier molecular flexibility index (Phi) is 5.14. The van der Waals surface area contributed by atoms with Gasteiger partial charge in [0.25, 0.3) is 0 Å². The van der Waals surface area contributed by atoms with Crippen LogP contribution in [-0.2, 0) is 29.0 Å². The molecule has 0 aliphatic carbocycles. The Balaban J connectivity index is 1.59. The van der Waals surface area contributed by atoms with Crippen LogP contribution in [0.4, 0.5) is 5.69 Å². The molecular weight excluding hydrogens is 314 g/mol. The number of likely N-dealkylation sites (N-methyl/N-ethyl adjacent to an activating group) is 1. The third-order valence-electron chi connectivity index (χ3n) is 4.47. The van der Waals surface area contributed by atoms with Gasteiger partial charge < -0.3 is 15.5 Å². The number of amides is 2. The SMILES string of the molecule is CN(C)C(=O)Cc1ccc(NC(=O)C2Cc3ccccc3CN2)cc1. The number of rotatable bonds is 4. The third-order valence-corrected chi connectivity index (χ3v) is 4.47. The average Bonchev–Trinajstić information content (AvgIpc) is 2.62. The van der Waals surface area contributed by atoms with Crippen molar-refractivity contribution in [3.05, 3.63) is 65.2 Å². The van der Waals surface area contributed by atoms with Crippen molar-refractivity contribution in [1.82, 2.24) is 10.2 Å². The van der Waals surface area contributed by atoms with Gasteiger partial charge in [0.2, 0.25) is 11.8 Å². The number of anilines is 1. The molecule has 0 saturated carbocycles. The summed E-state index contributed by atoms with van der Waals surface area (Å²) in [6.07, 6.45) is 1.06. The van der Waals surface area contributed by atoms with Gasteiger partial charge in [0.1, 0.15) is 0 Å². The van der Waals surface area contributed by atoms with E-state index in [4.69, 9.17) is 0 Å². The minimum absolute atomic E-state index is 0.0355. The molecule has 1 aliphatic heterocycles. The first-order valence-corrected chi connectivity index (χ1v) is 8.43. The summed E-state index contributed by atoms with van der Waals surface area (Å²) in [6.45, 7) is 0.708. The summed E-state index contributed by atoms with van der Waals surface area (Å²) < 4.78 is 0. The van der Waals surface area contributed by atoms with Crippen molar-refractivity contribution in [2.45, 2.75) is 25.4 Å². The van der Waals surface area contributed by atoms with Crippen molar-refractivity contribution in [3.8, 4) is 0 Å². The molecule has 1 atom stereocenters. The summed E-state index contributed by atoms with van der Waals surface area (Å²) >= 11 is 0. The van der Waals surface area contributed by atoms with Gasteiger partial charge in [-0.3, -0.25) is 9.59 Å². The Hall–Kier alpha value is -2.66. The quantitative estimate of drug-likeness (QED) is 0.897. The summed E-state index contributed by atoms with van der Waals surface area (Å²) in [7, 11) is 3.48. The molecule has 5 heteroatoms. The lowest BCUT2D eigenvalue weighted by Gasteiger charge is -2.25. The molecule has 130 valence electrons. The number of hydrogen-bond donors (Lipinski definition) is 2. The Morgan fingerprint density at radius 2 is 1.76 bits per heavy atom. The predicted octanol–water partition coefficient (Wildman–Crippen LogP) is 1.97. The van der Waals surface area contributed by atoms with Gasteiger partial charge in [-0.15, -0.1) is 0 Å². The highest BCUT2D eigenvalue weighted by molar-refractivity contribution is 5.95. The highest BCUT2D eigenvalue weighted by atomic mass is 16.2. The van der Waals surface area contributed by atoms with E-state index in [-0.39, 0.29) is 17.9 Å². The molecule has 1 unspecified atom stereocenters. The molecule has 2 amide bonds. The van der Waals surface area contributed by atoms with Crippen LogP contribution in [0.3, 0.4) is 0 Å². The van der Waals surface area contributed by atoms with Crippen LogP contribution in [-0.4, -0.2) is 36.9 Å². The Bertz CT molecular complexity index is 769. The maximum atomic E-state index is 12.5. The lowest BCUT2D eigenvalue weighted by atomic mass is 9.95. The smallest absolute Gasteiger partial charge is 0.241 e. The first kappa shape index (κ1) is 17.2. The monoisotopic (exact) mass is 337 g/mol. The maximum Gasteiger partial charge on any atom is 0.241 e. The topological polar surface area (TPSA) is 61.4 Å². The first-order valence-electron chi connectivity index (χ1n) is 8.43. The molecule has 25 heavy (non-hydrogen) atoms. The van der Waals surface area contributed by atoms with E-state index in [1.807, 2.05) is 36.4 Å². The predicted molar refractivity (Wildman–Crippen MR) is 98.2 cm³/mol. The molecule has 1 aliphatic rings. The van der Waals surface area contributed by atoms with Gasteiger partial charge in [-0.05, 0) is 35.2 Å². The Morgan fingerprint density at radius 1 is 1.08 bits per heavy atom. The lowest BCUT2D eigenvalue weighted by molar-refractivity contribution is -0.128. The fourth-order valence-corrected chi connectivity index (χ4v) is 2.91. The second-order valence-electron chi connectivity index (χ2n) is 6.56. The van der Waals surface area contributed by atoms with Gasteiger partial charge in [-0.1, -0.05) is 36.4 Å². The lowest BCUT2D eigenvalue weighted by Crippen LogP contribution is -2.44. The molecule has 2 aromatic rings. The van der Waals surface area contributed by atoms with Crippen LogP contribution in [0.25, 0.3) is 0 Å². The van der Waals surface area contributed by atoms with Gasteiger partial charge in [0, 0.05) is 26.3 Å². The van der Waals surface area contributed by atoms with Gasteiger partial charge in [0.05, 0.1) is 12.5 Å². The first-order chi connectivity index (χ1) is 12.0. The molecule has 0 saturated heterocycles. The van der Waals surface area contributed by atoms with Crippen molar-refractivity contribution in [2.75, 3.05) is 19.4 Å². The van der Waals surface area contributed by atoms with Gasteiger partial charge in [0.15, 0.2) is 0 Å². The van der Waals surface area contributed by atoms with E-state index < -0.39 is 0 Å². The number of hydrogen-bond acceptors (Lipinski definition) is 3. The van der Waals surface area contributed by atoms with E-state index in [0.29, 0.717) is 19.4 Å². The second-order valence-corrected chi connectivity index (χ2v) is 6.56. The molecule has 0 radical (unpaired) electrons. The Labute approximate surface area is 148 Å². The van der Waals surface area contributed by atoms with Crippen molar-refractivity contribution < 1.29 is 9.59 Å². The van der Waals surface area contributed by atoms with Gasteiger partial charge in [-0.25, -0.2) is 0 Å². The van der Waals surface area contributed by atoms with Crippen molar-refractivity contribution >= 4 is 17.5 Å². The minimum atomic E-state index is -0.232. The summed E-state index contributed by atoms with van der Waals surface area (Å²) in [5.41, 5.74) is 4.15. The van der Waals surface area contributed by atoms with E-state index in [0.717, 1.165) is 11.3 Å². The zero-order valence-electron chi connectivity index (χ0n) is 14.6. The highest BCUT2D eigenvalue weighted by Crippen LogP contribution is 2.18. The standard InChI is InChI=1S/C20H23N3O2/c1-23(2)19(24)11-14-7-9-17(10-8-14)22-20(25)18-12-15-5-3-4-6-16(15)13-21-18/h3-10,18,21H,11-13H2,1-2H3,(H,22,25). The van der Waals surface area contributed by atoms with Crippen LogP contribution in [0.1, 0.15) is 16.7 Å². The van der Waals surface area contributed by atoms with Crippen molar-refractivity contribution in [3.63, 3.8) is 0 Å². The third kappa shape index (κ3) is 4.25. The average molecular weight is 337 g/mol. The van der Waals surface area contributed by atoms with Crippen LogP contribution in [0.5, 0.6) is 0 Å². The summed E-state index contributed by atoms with van der Waals surface area (Å²) in [4.78, 5) is 25.8. The number of benzene rings is 2. The molecule has 0 fully saturated rings. The van der Waals surface area contributed by atoms with Gasteiger partial charge >= 0.3 is 0 Å². The second kappa shape index (κ2) is 7.49. The Morgan fingerprint density at radius 3 is 2.44 bits per heavy atom. The normalized spacial score (nSPS) is 16.0. The summed E-state index contributed by atoms with van der Waals surface area (Å²) in [5.74, 6) is 0.0217. The van der Waals surface area contributed by atoms with E-state index in [2.05, 4.69) is 22.8 Å². The molecule has 1 heterocycles. The molecule has 5 nitrogen and oxygen atoms in total. The number of nitrogens with one attached hydrogen (secondary N) is 2.